The average molecular weight is 349 g/mol. The summed E-state index contributed by atoms with van der Waals surface area (Å²) in [6, 6.07) is 0. The molecule has 0 aromatic heterocycles. The van der Waals surface area contributed by atoms with Gasteiger partial charge in [-0.05, 0) is 17.3 Å². The molecule has 0 heterocycles. The summed E-state index contributed by atoms with van der Waals surface area (Å²) in [5, 5.41) is 0. The Labute approximate surface area is 155 Å². The van der Waals surface area contributed by atoms with Gasteiger partial charge in [0.25, 0.3) is 0 Å². The van der Waals surface area contributed by atoms with Gasteiger partial charge in [-0.15, -0.1) is 11.6 Å². The first-order valence-corrected chi connectivity index (χ1v) is 11.0. The Hall–Kier alpha value is 0.290. The van der Waals surface area contributed by atoms with Crippen LogP contribution in [-0.2, 0) is 0 Å². The Morgan fingerprint density at radius 1 is 0.522 bits per heavy atom. The van der Waals surface area contributed by atoms with Crippen LogP contribution in [0.3, 0.4) is 0 Å². The van der Waals surface area contributed by atoms with Gasteiger partial charge in [-0.1, -0.05) is 120 Å². The first kappa shape index (κ1) is 28.1. The van der Waals surface area contributed by atoms with Crippen molar-refractivity contribution in [2.24, 2.45) is 17.3 Å². The summed E-state index contributed by atoms with van der Waals surface area (Å²) in [5.74, 6) is 2.56. The maximum absolute atomic E-state index is 5.57. The first-order valence-electron chi connectivity index (χ1n) is 10.5. The van der Waals surface area contributed by atoms with Crippen LogP contribution in [-0.4, -0.2) is 5.88 Å². The Balaban J connectivity index is -0.000000264. The minimum atomic E-state index is 0.667. The lowest BCUT2D eigenvalue weighted by atomic mass is 9.78. The fourth-order valence-electron chi connectivity index (χ4n) is 2.87. The van der Waals surface area contributed by atoms with E-state index in [1.54, 1.807) is 0 Å². The molecule has 0 bridgehead atoms. The molecule has 0 saturated heterocycles. The van der Waals surface area contributed by atoms with Crippen molar-refractivity contribution in [2.45, 2.75) is 120 Å². The van der Waals surface area contributed by atoms with Gasteiger partial charge >= 0.3 is 0 Å². The van der Waals surface area contributed by atoms with E-state index in [0.29, 0.717) is 5.41 Å². The highest BCUT2D eigenvalue weighted by atomic mass is 35.5. The number of rotatable bonds is 10. The van der Waals surface area contributed by atoms with E-state index in [1.165, 1.54) is 57.8 Å². The average Bonchev–Trinajstić information content (AvgIpc) is 2.62. The largest absolute Gasteiger partial charge is 0.126 e. The first-order chi connectivity index (χ1) is 10.9. The molecule has 0 amide bonds. The third-order valence-corrected chi connectivity index (χ3v) is 6.54. The molecule has 0 spiro atoms. The van der Waals surface area contributed by atoms with E-state index < -0.39 is 0 Å². The molecule has 0 aromatic carbocycles. The molecule has 0 rings (SSSR count). The molecule has 0 aromatic rings. The number of halogens is 1. The fourth-order valence-corrected chi connectivity index (χ4v) is 3.31. The third-order valence-electron chi connectivity index (χ3n) is 6.10. The Kier molecular flexibility index (Phi) is 24.9. The van der Waals surface area contributed by atoms with Crippen LogP contribution in [0.2, 0.25) is 0 Å². The summed E-state index contributed by atoms with van der Waals surface area (Å²) in [7, 11) is 0. The molecule has 0 nitrogen and oxygen atoms in total. The fraction of sp³-hybridized carbons (Fsp3) is 1.00. The van der Waals surface area contributed by atoms with Crippen LogP contribution in [0, 0.1) is 17.3 Å². The zero-order valence-electron chi connectivity index (χ0n) is 18.1. The smallest absolute Gasteiger partial charge is 0.0251 e. The van der Waals surface area contributed by atoms with Crippen LogP contribution in [0.15, 0.2) is 0 Å². The molecule has 0 atom stereocenters. The number of alkyl halides is 1. The van der Waals surface area contributed by atoms with E-state index in [1.807, 2.05) is 0 Å². The van der Waals surface area contributed by atoms with E-state index >= 15 is 0 Å². The van der Waals surface area contributed by atoms with Crippen LogP contribution in [0.5, 0.6) is 0 Å². The van der Waals surface area contributed by atoms with E-state index in [0.717, 1.165) is 17.7 Å². The molecule has 1 heteroatoms. The molecular weight excluding hydrogens is 300 g/mol. The Bertz CT molecular complexity index is 148. The van der Waals surface area contributed by atoms with Crippen molar-refractivity contribution in [1.29, 1.82) is 0 Å². The molecule has 144 valence electrons. The summed E-state index contributed by atoms with van der Waals surface area (Å²) >= 11 is 5.57. The second kappa shape index (κ2) is 20.3. The lowest BCUT2D eigenvalue weighted by Gasteiger charge is -2.28. The van der Waals surface area contributed by atoms with Crippen LogP contribution in [0.25, 0.3) is 0 Å². The predicted octanol–water partition coefficient (Wildman–Crippen LogP) is 9.11. The highest BCUT2D eigenvalue weighted by molar-refractivity contribution is 6.18. The maximum atomic E-state index is 5.57. The molecule has 0 N–H and O–H groups in total. The summed E-state index contributed by atoms with van der Waals surface area (Å²) in [6.45, 7) is 20.3. The SMILES string of the molecule is CCC(CC)(CC)CC.CCC(CC)CC.CCC(CC)CCl. The third kappa shape index (κ3) is 15.6. The monoisotopic (exact) mass is 348 g/mol. The summed E-state index contributed by atoms with van der Waals surface area (Å²) in [4.78, 5) is 0. The Morgan fingerprint density at radius 3 is 0.783 bits per heavy atom. The van der Waals surface area contributed by atoms with E-state index in [4.69, 9.17) is 11.6 Å². The minimum absolute atomic E-state index is 0.667. The number of hydrogen-bond acceptors (Lipinski definition) is 0. The van der Waals surface area contributed by atoms with Gasteiger partial charge in [0.1, 0.15) is 0 Å². The van der Waals surface area contributed by atoms with Gasteiger partial charge in [0.2, 0.25) is 0 Å². The second-order valence-corrected chi connectivity index (χ2v) is 7.15. The van der Waals surface area contributed by atoms with Gasteiger partial charge in [0.05, 0.1) is 0 Å². The van der Waals surface area contributed by atoms with Gasteiger partial charge in [-0.3, -0.25) is 0 Å². The quantitative estimate of drug-likeness (QED) is 0.345. The Morgan fingerprint density at radius 2 is 0.783 bits per heavy atom. The van der Waals surface area contributed by atoms with Crippen molar-refractivity contribution in [3.05, 3.63) is 0 Å². The highest BCUT2D eigenvalue weighted by Crippen LogP contribution is 2.33. The van der Waals surface area contributed by atoms with Gasteiger partial charge in [-0.2, -0.15) is 0 Å². The lowest BCUT2D eigenvalue weighted by Crippen LogP contribution is -2.15. The van der Waals surface area contributed by atoms with Gasteiger partial charge < -0.3 is 0 Å². The highest BCUT2D eigenvalue weighted by Gasteiger charge is 2.20. The van der Waals surface area contributed by atoms with Gasteiger partial charge in [0.15, 0.2) is 0 Å². The molecule has 0 unspecified atom stereocenters. The van der Waals surface area contributed by atoms with E-state index in [2.05, 4.69) is 62.3 Å². The normalized spacial score (nSPS) is 11.0. The van der Waals surface area contributed by atoms with Crippen molar-refractivity contribution in [2.75, 3.05) is 5.88 Å². The van der Waals surface area contributed by atoms with Crippen molar-refractivity contribution >= 4 is 11.6 Å². The second-order valence-electron chi connectivity index (χ2n) is 6.84. The zero-order valence-corrected chi connectivity index (χ0v) is 18.9. The topological polar surface area (TPSA) is 0 Å². The molecule has 23 heavy (non-hydrogen) atoms. The molecule has 0 fully saturated rings. The lowest BCUT2D eigenvalue weighted by molar-refractivity contribution is 0.240. The standard InChI is InChI=1S/C9H20.C7H16.C6H13Cl/c1-5-9(6-2,7-3)8-4;1-4-7(5-2)6-3;1-3-6(4-2)5-7/h5-8H2,1-4H3;7H,4-6H2,1-3H3;6H,3-5H2,1-2H3. The summed E-state index contributed by atoms with van der Waals surface area (Å²) < 4.78 is 0. The molecule has 0 saturated carbocycles. The molecule has 0 aliphatic rings. The van der Waals surface area contributed by atoms with Crippen molar-refractivity contribution in [3.8, 4) is 0 Å². The molecule has 0 radical (unpaired) electrons. The van der Waals surface area contributed by atoms with E-state index in [9.17, 15) is 0 Å². The van der Waals surface area contributed by atoms with Crippen LogP contribution < -0.4 is 0 Å². The van der Waals surface area contributed by atoms with E-state index in [-0.39, 0.29) is 0 Å². The molecule has 0 aliphatic carbocycles. The molecule has 0 aliphatic heterocycles. The van der Waals surface area contributed by atoms with Crippen molar-refractivity contribution in [3.63, 3.8) is 0 Å². The van der Waals surface area contributed by atoms with Crippen LogP contribution in [0.4, 0.5) is 0 Å². The van der Waals surface area contributed by atoms with Crippen LogP contribution >= 0.6 is 11.6 Å². The van der Waals surface area contributed by atoms with Gasteiger partial charge in [0, 0.05) is 5.88 Å². The predicted molar refractivity (Wildman–Crippen MR) is 113 cm³/mol. The van der Waals surface area contributed by atoms with Crippen molar-refractivity contribution in [1.82, 2.24) is 0 Å². The molecular formula is C22H49Cl. The summed E-state index contributed by atoms with van der Waals surface area (Å²) in [5.41, 5.74) is 0.667. The summed E-state index contributed by atoms with van der Waals surface area (Å²) in [6.07, 6.45) is 11.9. The number of hydrogen-bond donors (Lipinski definition) is 0. The maximum Gasteiger partial charge on any atom is 0.0251 e. The van der Waals surface area contributed by atoms with Crippen LogP contribution in [0.1, 0.15) is 120 Å². The zero-order chi connectivity index (χ0) is 18.7. The van der Waals surface area contributed by atoms with Gasteiger partial charge in [-0.25, -0.2) is 0 Å². The van der Waals surface area contributed by atoms with Crippen molar-refractivity contribution < 1.29 is 0 Å². The minimum Gasteiger partial charge on any atom is -0.126 e.